The molecule has 0 aliphatic rings. The highest BCUT2D eigenvalue weighted by molar-refractivity contribution is 5.96. The van der Waals surface area contributed by atoms with Gasteiger partial charge in [0.1, 0.15) is 5.75 Å². The van der Waals surface area contributed by atoms with Gasteiger partial charge in [0.2, 0.25) is 0 Å². The van der Waals surface area contributed by atoms with Crippen LogP contribution in [0.25, 0.3) is 0 Å². The van der Waals surface area contributed by atoms with Crippen LogP contribution in [0.5, 0.6) is 5.75 Å². The van der Waals surface area contributed by atoms with Gasteiger partial charge in [-0.1, -0.05) is 12.1 Å². The van der Waals surface area contributed by atoms with Crippen LogP contribution in [0.1, 0.15) is 10.4 Å². The van der Waals surface area contributed by atoms with Crippen molar-refractivity contribution in [1.82, 2.24) is 10.9 Å². The predicted octanol–water partition coefficient (Wildman–Crippen LogP) is -1.34. The maximum atomic E-state index is 11.3. The molecule has 0 heterocycles. The Labute approximate surface area is 91.7 Å². The Kier molecular flexibility index (Phi) is 4.25. The zero-order chi connectivity index (χ0) is 12.0. The number of nitrogens with one attached hydrogen (secondary N) is 2. The predicted molar refractivity (Wildman–Crippen MR) is 55.9 cm³/mol. The number of benzene rings is 1. The van der Waals surface area contributed by atoms with E-state index in [9.17, 15) is 9.59 Å². The standard InChI is InChI=1S/C9H12N4O3/c10-12-8(14)5-16-7-4-2-1-3-6(7)9(15)13-11/h1-4H,5,10-11H2,(H,12,14)(H,13,15). The van der Waals surface area contributed by atoms with Crippen molar-refractivity contribution in [2.24, 2.45) is 11.7 Å². The summed E-state index contributed by atoms with van der Waals surface area (Å²) in [6.07, 6.45) is 0. The van der Waals surface area contributed by atoms with Crippen LogP contribution < -0.4 is 27.3 Å². The molecule has 0 bridgehead atoms. The van der Waals surface area contributed by atoms with Gasteiger partial charge in [-0.3, -0.25) is 20.4 Å². The van der Waals surface area contributed by atoms with Gasteiger partial charge in [-0.25, -0.2) is 11.7 Å². The lowest BCUT2D eigenvalue weighted by molar-refractivity contribution is -0.123. The second-order valence-electron chi connectivity index (χ2n) is 2.83. The molecule has 2 amide bonds. The van der Waals surface area contributed by atoms with E-state index in [2.05, 4.69) is 0 Å². The Hall–Kier alpha value is -2.12. The summed E-state index contributed by atoms with van der Waals surface area (Å²) in [4.78, 5) is 22.2. The summed E-state index contributed by atoms with van der Waals surface area (Å²) in [5.74, 6) is 9.15. The van der Waals surface area contributed by atoms with Crippen LogP contribution >= 0.6 is 0 Å². The van der Waals surface area contributed by atoms with Crippen LogP contribution in [-0.4, -0.2) is 18.4 Å². The van der Waals surface area contributed by atoms with Gasteiger partial charge in [0, 0.05) is 0 Å². The van der Waals surface area contributed by atoms with Crippen LogP contribution in [0.4, 0.5) is 0 Å². The first-order valence-electron chi connectivity index (χ1n) is 4.41. The molecule has 0 spiro atoms. The number of rotatable bonds is 4. The smallest absolute Gasteiger partial charge is 0.271 e. The quantitative estimate of drug-likeness (QED) is 0.286. The molecule has 0 radical (unpaired) electrons. The second-order valence-corrected chi connectivity index (χ2v) is 2.83. The molecule has 1 rings (SSSR count). The molecule has 6 N–H and O–H groups in total. The molecule has 0 aliphatic heterocycles. The van der Waals surface area contributed by atoms with E-state index in [0.717, 1.165) is 0 Å². The summed E-state index contributed by atoms with van der Waals surface area (Å²) in [6.45, 7) is -0.272. The number of nitrogen functional groups attached to an aromatic ring is 1. The van der Waals surface area contributed by atoms with Gasteiger partial charge >= 0.3 is 0 Å². The fourth-order valence-electron chi connectivity index (χ4n) is 1.04. The molecule has 1 aromatic rings. The topological polar surface area (TPSA) is 119 Å². The van der Waals surface area contributed by atoms with E-state index in [1.54, 1.807) is 18.2 Å². The monoisotopic (exact) mass is 224 g/mol. The summed E-state index contributed by atoms with van der Waals surface area (Å²) < 4.78 is 5.10. The molecular weight excluding hydrogens is 212 g/mol. The maximum absolute atomic E-state index is 11.3. The summed E-state index contributed by atoms with van der Waals surface area (Å²) >= 11 is 0. The van der Waals surface area contributed by atoms with Crippen LogP contribution in [0.3, 0.4) is 0 Å². The zero-order valence-corrected chi connectivity index (χ0v) is 8.40. The molecule has 1 aromatic carbocycles. The van der Waals surface area contributed by atoms with E-state index >= 15 is 0 Å². The lowest BCUT2D eigenvalue weighted by atomic mass is 10.2. The molecule has 7 nitrogen and oxygen atoms in total. The van der Waals surface area contributed by atoms with Gasteiger partial charge in [0.05, 0.1) is 5.56 Å². The van der Waals surface area contributed by atoms with Gasteiger partial charge in [-0.05, 0) is 12.1 Å². The highest BCUT2D eigenvalue weighted by atomic mass is 16.5. The molecule has 0 saturated carbocycles. The van der Waals surface area contributed by atoms with Crippen molar-refractivity contribution in [3.8, 4) is 5.75 Å². The number of carbonyl (C=O) groups excluding carboxylic acids is 2. The minimum absolute atomic E-state index is 0.245. The first kappa shape index (κ1) is 12.0. The Balaban J connectivity index is 2.79. The molecular formula is C9H12N4O3. The van der Waals surface area contributed by atoms with Crippen LogP contribution in [0.2, 0.25) is 0 Å². The molecule has 0 fully saturated rings. The molecule has 0 atom stereocenters. The molecule has 0 aliphatic carbocycles. The number of nitrogens with two attached hydrogens (primary N) is 2. The van der Waals surface area contributed by atoms with Crippen molar-refractivity contribution < 1.29 is 14.3 Å². The van der Waals surface area contributed by atoms with Crippen molar-refractivity contribution in [2.75, 3.05) is 6.61 Å². The van der Waals surface area contributed by atoms with Crippen molar-refractivity contribution in [3.05, 3.63) is 29.8 Å². The van der Waals surface area contributed by atoms with Gasteiger partial charge in [-0.15, -0.1) is 0 Å². The van der Waals surface area contributed by atoms with Gasteiger partial charge in [0.25, 0.3) is 11.8 Å². The van der Waals surface area contributed by atoms with E-state index in [1.165, 1.54) is 6.07 Å². The normalized spacial score (nSPS) is 9.38. The fraction of sp³-hybridized carbons (Fsp3) is 0.111. The molecule has 86 valence electrons. The third kappa shape index (κ3) is 2.94. The number of hydrogen-bond acceptors (Lipinski definition) is 5. The highest BCUT2D eigenvalue weighted by Gasteiger charge is 2.11. The summed E-state index contributed by atoms with van der Waals surface area (Å²) in [5.41, 5.74) is 4.13. The van der Waals surface area contributed by atoms with Crippen molar-refractivity contribution in [3.63, 3.8) is 0 Å². The lowest BCUT2D eigenvalue weighted by Gasteiger charge is -2.09. The third-order valence-corrected chi connectivity index (χ3v) is 1.78. The van der Waals surface area contributed by atoms with Crippen molar-refractivity contribution >= 4 is 11.8 Å². The van der Waals surface area contributed by atoms with Crippen LogP contribution in [-0.2, 0) is 4.79 Å². The highest BCUT2D eigenvalue weighted by Crippen LogP contribution is 2.17. The maximum Gasteiger partial charge on any atom is 0.271 e. The van der Waals surface area contributed by atoms with Gasteiger partial charge < -0.3 is 4.74 Å². The zero-order valence-electron chi connectivity index (χ0n) is 8.40. The van der Waals surface area contributed by atoms with Crippen LogP contribution in [0, 0.1) is 0 Å². The fourth-order valence-corrected chi connectivity index (χ4v) is 1.04. The largest absolute Gasteiger partial charge is 0.483 e. The van der Waals surface area contributed by atoms with E-state index in [-0.39, 0.29) is 17.9 Å². The number of amides is 2. The van der Waals surface area contributed by atoms with Crippen LogP contribution in [0.15, 0.2) is 24.3 Å². The molecule has 0 unspecified atom stereocenters. The van der Waals surface area contributed by atoms with E-state index in [0.29, 0.717) is 0 Å². The first-order chi connectivity index (χ1) is 7.69. The Morgan fingerprint density at radius 1 is 1.19 bits per heavy atom. The van der Waals surface area contributed by atoms with E-state index in [1.807, 2.05) is 10.9 Å². The Morgan fingerprint density at radius 2 is 1.88 bits per heavy atom. The van der Waals surface area contributed by atoms with Gasteiger partial charge in [0.15, 0.2) is 6.61 Å². The average Bonchev–Trinajstić information content (AvgIpc) is 2.35. The minimum Gasteiger partial charge on any atom is -0.483 e. The number of carbonyl (C=O) groups is 2. The minimum atomic E-state index is -0.497. The number of hydrazine groups is 2. The SMILES string of the molecule is NNC(=O)COc1ccccc1C(=O)NN. The van der Waals surface area contributed by atoms with Crippen molar-refractivity contribution in [1.29, 1.82) is 0 Å². The molecule has 0 aromatic heterocycles. The number of hydrogen-bond donors (Lipinski definition) is 4. The average molecular weight is 224 g/mol. The summed E-state index contributed by atoms with van der Waals surface area (Å²) in [7, 11) is 0. The first-order valence-corrected chi connectivity index (χ1v) is 4.41. The lowest BCUT2D eigenvalue weighted by Crippen LogP contribution is -2.35. The number of ether oxygens (including phenoxy) is 1. The summed E-state index contributed by atoms with van der Waals surface area (Å²) in [5, 5.41) is 0. The Morgan fingerprint density at radius 3 is 2.50 bits per heavy atom. The molecule has 16 heavy (non-hydrogen) atoms. The molecule has 0 saturated heterocycles. The van der Waals surface area contributed by atoms with E-state index < -0.39 is 11.8 Å². The third-order valence-electron chi connectivity index (χ3n) is 1.78. The number of para-hydroxylation sites is 1. The summed E-state index contributed by atoms with van der Waals surface area (Å²) in [6, 6.07) is 6.40. The van der Waals surface area contributed by atoms with Crippen molar-refractivity contribution in [2.45, 2.75) is 0 Å². The van der Waals surface area contributed by atoms with E-state index in [4.69, 9.17) is 16.4 Å². The second kappa shape index (κ2) is 5.69. The molecule has 7 heteroatoms. The Bertz CT molecular complexity index is 394. The van der Waals surface area contributed by atoms with Gasteiger partial charge in [-0.2, -0.15) is 0 Å².